The monoisotopic (exact) mass is 1160 g/mol. The Morgan fingerprint density at radius 3 is 0.735 bits per heavy atom. The zero-order chi connectivity index (χ0) is 59.9. The first kappa shape index (κ1) is 79.3. The van der Waals surface area contributed by atoms with Crippen molar-refractivity contribution in [1.82, 2.24) is 0 Å². The molecule has 6 heteroatoms. The molecule has 0 aliphatic carbocycles. The van der Waals surface area contributed by atoms with E-state index in [9.17, 15) is 14.4 Å². The number of rotatable bonds is 65. The first-order chi connectivity index (χ1) is 41.0. The highest BCUT2D eigenvalue weighted by atomic mass is 16.6. The molecule has 83 heavy (non-hydrogen) atoms. The highest BCUT2D eigenvalue weighted by molar-refractivity contribution is 5.71. The normalized spacial score (nSPS) is 12.7. The second-order valence-corrected chi connectivity index (χ2v) is 23.7. The number of allylic oxidation sites excluding steroid dienone is 16. The molecule has 0 aromatic heterocycles. The lowest BCUT2D eigenvalue weighted by Gasteiger charge is -2.18. The molecule has 478 valence electrons. The van der Waals surface area contributed by atoms with Crippen molar-refractivity contribution in [2.45, 2.75) is 361 Å². The standard InChI is InChI=1S/C77H134O6/c1-4-7-10-13-16-18-20-22-24-26-28-30-32-34-35-36-37-38-39-40-41-43-44-46-48-50-52-54-56-58-61-64-67-70-76(79)82-73-74(72-81-75(78)69-66-63-60-15-12-9-6-3)83-77(80)71-68-65-62-59-57-55-53-51-49-47-45-42-33-31-29-27-25-23-21-19-17-14-11-8-5-2/h7-8,10-11,16-19,22-25,28-31,74H,4-6,9,12-15,20-21,26-27,32-73H2,1-3H3/b10-7-,11-8-,18-16-,19-17-,24-22-,25-23-,30-28-,31-29-. The predicted octanol–water partition coefficient (Wildman–Crippen LogP) is 24.8. The Morgan fingerprint density at radius 1 is 0.253 bits per heavy atom. The summed E-state index contributed by atoms with van der Waals surface area (Å²) in [4.78, 5) is 38.2. The number of unbranched alkanes of at least 4 members (excludes halogenated alkanes) is 38. The molecule has 0 aromatic rings. The summed E-state index contributed by atoms with van der Waals surface area (Å²) in [7, 11) is 0. The molecule has 0 bridgehead atoms. The summed E-state index contributed by atoms with van der Waals surface area (Å²) in [5.74, 6) is -0.864. The number of esters is 3. The molecule has 0 N–H and O–H groups in total. The number of carbonyl (C=O) groups excluding carboxylic acids is 3. The van der Waals surface area contributed by atoms with E-state index in [1.165, 1.54) is 205 Å². The van der Waals surface area contributed by atoms with Crippen LogP contribution in [0.25, 0.3) is 0 Å². The van der Waals surface area contributed by atoms with Crippen molar-refractivity contribution in [3.05, 3.63) is 97.2 Å². The molecule has 1 unspecified atom stereocenters. The van der Waals surface area contributed by atoms with Crippen LogP contribution in [0, 0.1) is 0 Å². The summed E-state index contributed by atoms with van der Waals surface area (Å²) in [6.07, 6.45) is 96.2. The van der Waals surface area contributed by atoms with Crippen molar-refractivity contribution in [3.8, 4) is 0 Å². The Hall–Kier alpha value is -3.67. The Labute approximate surface area is 515 Å². The van der Waals surface area contributed by atoms with Crippen LogP contribution in [-0.2, 0) is 28.6 Å². The average Bonchev–Trinajstić information content (AvgIpc) is 3.50. The predicted molar refractivity (Wildman–Crippen MR) is 362 cm³/mol. The van der Waals surface area contributed by atoms with Crippen LogP contribution < -0.4 is 0 Å². The number of carbonyl (C=O) groups is 3. The van der Waals surface area contributed by atoms with Crippen molar-refractivity contribution in [3.63, 3.8) is 0 Å². The van der Waals surface area contributed by atoms with Gasteiger partial charge in [0.15, 0.2) is 6.10 Å². The largest absolute Gasteiger partial charge is 0.462 e. The zero-order valence-corrected chi connectivity index (χ0v) is 54.9. The van der Waals surface area contributed by atoms with Crippen molar-refractivity contribution < 1.29 is 28.6 Å². The summed E-state index contributed by atoms with van der Waals surface area (Å²) in [6, 6.07) is 0. The number of hydrogen-bond acceptors (Lipinski definition) is 6. The molecule has 0 saturated heterocycles. The molecule has 0 radical (unpaired) electrons. The highest BCUT2D eigenvalue weighted by Crippen LogP contribution is 2.18. The maximum Gasteiger partial charge on any atom is 0.306 e. The van der Waals surface area contributed by atoms with Crippen LogP contribution in [0.2, 0.25) is 0 Å². The van der Waals surface area contributed by atoms with E-state index in [1.54, 1.807) is 0 Å². The molecule has 0 aromatic carbocycles. The van der Waals surface area contributed by atoms with Crippen LogP contribution in [0.15, 0.2) is 97.2 Å². The second kappa shape index (κ2) is 70.8. The topological polar surface area (TPSA) is 78.9 Å². The smallest absolute Gasteiger partial charge is 0.306 e. The minimum Gasteiger partial charge on any atom is -0.462 e. The van der Waals surface area contributed by atoms with Crippen LogP contribution in [0.5, 0.6) is 0 Å². The van der Waals surface area contributed by atoms with E-state index in [0.717, 1.165) is 109 Å². The third kappa shape index (κ3) is 69.0. The van der Waals surface area contributed by atoms with Crippen LogP contribution in [0.1, 0.15) is 355 Å². The van der Waals surface area contributed by atoms with Gasteiger partial charge in [-0.25, -0.2) is 0 Å². The average molecular weight is 1160 g/mol. The molecular formula is C77H134O6. The van der Waals surface area contributed by atoms with Crippen LogP contribution >= 0.6 is 0 Å². The fraction of sp³-hybridized carbons (Fsp3) is 0.753. The molecule has 6 nitrogen and oxygen atoms in total. The van der Waals surface area contributed by atoms with E-state index in [-0.39, 0.29) is 31.1 Å². The van der Waals surface area contributed by atoms with Gasteiger partial charge in [-0.15, -0.1) is 0 Å². The number of ether oxygens (including phenoxy) is 3. The van der Waals surface area contributed by atoms with Crippen molar-refractivity contribution in [2.24, 2.45) is 0 Å². The lowest BCUT2D eigenvalue weighted by Crippen LogP contribution is -2.30. The second-order valence-electron chi connectivity index (χ2n) is 23.7. The van der Waals surface area contributed by atoms with E-state index in [1.807, 2.05) is 0 Å². The molecule has 0 spiro atoms. The van der Waals surface area contributed by atoms with E-state index in [0.29, 0.717) is 19.3 Å². The van der Waals surface area contributed by atoms with Gasteiger partial charge in [-0.2, -0.15) is 0 Å². The van der Waals surface area contributed by atoms with Gasteiger partial charge >= 0.3 is 17.9 Å². The molecule has 0 saturated carbocycles. The van der Waals surface area contributed by atoms with Gasteiger partial charge in [0.1, 0.15) is 13.2 Å². The minimum absolute atomic E-state index is 0.0728. The third-order valence-corrected chi connectivity index (χ3v) is 15.6. The zero-order valence-electron chi connectivity index (χ0n) is 54.9. The lowest BCUT2D eigenvalue weighted by molar-refractivity contribution is -0.167. The van der Waals surface area contributed by atoms with Gasteiger partial charge < -0.3 is 14.2 Å². The van der Waals surface area contributed by atoms with E-state index >= 15 is 0 Å². The van der Waals surface area contributed by atoms with E-state index < -0.39 is 6.10 Å². The SMILES string of the molecule is CC/C=C\C/C=C\C/C=C\C/C=C\CCCCCCCCCCCCCCCCCCCCCCC(=O)OCC(COC(=O)CCCCCCCCC)OC(=O)CCCCCCCCCCCCCC/C=C\C/C=C\C/C=C\C/C=C\CC. The van der Waals surface area contributed by atoms with E-state index in [4.69, 9.17) is 14.2 Å². The third-order valence-electron chi connectivity index (χ3n) is 15.6. The maximum absolute atomic E-state index is 12.9. The maximum atomic E-state index is 12.9. The minimum atomic E-state index is -0.774. The van der Waals surface area contributed by atoms with Crippen molar-refractivity contribution in [1.29, 1.82) is 0 Å². The Bertz CT molecular complexity index is 1610. The lowest BCUT2D eigenvalue weighted by atomic mass is 10.0. The quantitative estimate of drug-likeness (QED) is 0.0261. The van der Waals surface area contributed by atoms with Gasteiger partial charge in [0, 0.05) is 19.3 Å². The van der Waals surface area contributed by atoms with Crippen molar-refractivity contribution >= 4 is 17.9 Å². The Balaban J connectivity index is 4.02. The van der Waals surface area contributed by atoms with E-state index in [2.05, 4.69) is 118 Å². The van der Waals surface area contributed by atoms with Crippen LogP contribution in [-0.4, -0.2) is 37.2 Å². The molecule has 0 fully saturated rings. The van der Waals surface area contributed by atoms with Gasteiger partial charge in [0.2, 0.25) is 0 Å². The van der Waals surface area contributed by atoms with Crippen LogP contribution in [0.4, 0.5) is 0 Å². The fourth-order valence-corrected chi connectivity index (χ4v) is 10.3. The molecule has 0 aliphatic heterocycles. The molecule has 0 heterocycles. The molecule has 1 atom stereocenters. The van der Waals surface area contributed by atoms with Gasteiger partial charge in [-0.05, 0) is 96.3 Å². The summed E-state index contributed by atoms with van der Waals surface area (Å²) in [5, 5.41) is 0. The fourth-order valence-electron chi connectivity index (χ4n) is 10.3. The molecule has 0 aliphatic rings. The molecule has 0 amide bonds. The van der Waals surface area contributed by atoms with Gasteiger partial charge in [0.25, 0.3) is 0 Å². The van der Waals surface area contributed by atoms with Gasteiger partial charge in [-0.3, -0.25) is 14.4 Å². The Morgan fingerprint density at radius 2 is 0.470 bits per heavy atom. The molecular weight excluding hydrogens is 1020 g/mol. The summed E-state index contributed by atoms with van der Waals surface area (Å²) < 4.78 is 16.9. The Kier molecular flexibility index (Phi) is 67.7. The van der Waals surface area contributed by atoms with Gasteiger partial charge in [-0.1, -0.05) is 336 Å². The van der Waals surface area contributed by atoms with Crippen molar-refractivity contribution in [2.75, 3.05) is 13.2 Å². The summed E-state index contributed by atoms with van der Waals surface area (Å²) >= 11 is 0. The van der Waals surface area contributed by atoms with Gasteiger partial charge in [0.05, 0.1) is 0 Å². The summed E-state index contributed by atoms with van der Waals surface area (Å²) in [6.45, 7) is 6.41. The number of hydrogen-bond donors (Lipinski definition) is 0. The first-order valence-electron chi connectivity index (χ1n) is 35.7. The highest BCUT2D eigenvalue weighted by Gasteiger charge is 2.19. The first-order valence-corrected chi connectivity index (χ1v) is 35.7. The summed E-state index contributed by atoms with van der Waals surface area (Å²) in [5.41, 5.74) is 0. The molecule has 0 rings (SSSR count). The van der Waals surface area contributed by atoms with Crippen LogP contribution in [0.3, 0.4) is 0 Å².